The molecule has 0 aliphatic carbocycles. The van der Waals surface area contributed by atoms with Crippen molar-refractivity contribution in [1.82, 2.24) is 0 Å². The van der Waals surface area contributed by atoms with Crippen LogP contribution >= 0.6 is 0 Å². The Kier molecular flexibility index (Phi) is 5.37. The summed E-state index contributed by atoms with van der Waals surface area (Å²) in [6.45, 7) is 5.44. The lowest BCUT2D eigenvalue weighted by atomic mass is 9.95. The highest BCUT2D eigenvalue weighted by Gasteiger charge is 2.17. The van der Waals surface area contributed by atoms with E-state index in [1.54, 1.807) is 0 Å². The molecule has 2 atom stereocenters. The van der Waals surface area contributed by atoms with Gasteiger partial charge in [0.1, 0.15) is 0 Å². The van der Waals surface area contributed by atoms with Crippen molar-refractivity contribution in [3.8, 4) is 0 Å². The van der Waals surface area contributed by atoms with E-state index in [1.807, 2.05) is 6.92 Å². The molecule has 0 bridgehead atoms. The van der Waals surface area contributed by atoms with Crippen LogP contribution in [0.2, 0.25) is 0 Å². The summed E-state index contributed by atoms with van der Waals surface area (Å²) in [5.74, 6) is -1.21. The van der Waals surface area contributed by atoms with Gasteiger partial charge in [0.25, 0.3) is 0 Å². The van der Waals surface area contributed by atoms with Crippen molar-refractivity contribution in [3.63, 3.8) is 0 Å². The van der Waals surface area contributed by atoms with Gasteiger partial charge in [-0.1, -0.05) is 19.4 Å². The van der Waals surface area contributed by atoms with E-state index in [4.69, 9.17) is 5.11 Å². The number of aliphatic carboxylic acids is 1. The van der Waals surface area contributed by atoms with Crippen LogP contribution in [0.4, 0.5) is 0 Å². The van der Waals surface area contributed by atoms with Crippen molar-refractivity contribution >= 4 is 5.97 Å². The van der Waals surface area contributed by atoms with Crippen LogP contribution in [0.15, 0.2) is 12.7 Å². The predicted molar refractivity (Wildman–Crippen MR) is 46.9 cm³/mol. The van der Waals surface area contributed by atoms with Gasteiger partial charge in [-0.2, -0.15) is 0 Å². The number of carbonyl (C=O) groups is 1. The molecule has 0 aromatic rings. The molecule has 70 valence electrons. The molecular weight excluding hydrogens is 156 g/mol. The van der Waals surface area contributed by atoms with E-state index in [1.165, 1.54) is 6.08 Å². The Morgan fingerprint density at radius 1 is 1.67 bits per heavy atom. The molecule has 0 aliphatic rings. The van der Waals surface area contributed by atoms with Crippen molar-refractivity contribution in [2.45, 2.75) is 32.3 Å². The van der Waals surface area contributed by atoms with Gasteiger partial charge >= 0.3 is 5.97 Å². The van der Waals surface area contributed by atoms with Crippen LogP contribution in [0.5, 0.6) is 0 Å². The molecule has 0 aromatic carbocycles. The van der Waals surface area contributed by atoms with Crippen LogP contribution in [0.1, 0.15) is 26.2 Å². The molecule has 0 fully saturated rings. The van der Waals surface area contributed by atoms with Crippen LogP contribution in [0.3, 0.4) is 0 Å². The largest absolute Gasteiger partial charge is 0.481 e. The Morgan fingerprint density at radius 2 is 2.25 bits per heavy atom. The van der Waals surface area contributed by atoms with Crippen LogP contribution in [0.25, 0.3) is 0 Å². The Balaban J connectivity index is 3.95. The van der Waals surface area contributed by atoms with E-state index >= 15 is 0 Å². The van der Waals surface area contributed by atoms with Crippen molar-refractivity contribution in [2.24, 2.45) is 5.92 Å². The van der Waals surface area contributed by atoms with Crippen molar-refractivity contribution in [1.29, 1.82) is 0 Å². The molecule has 0 saturated heterocycles. The first-order valence-electron chi connectivity index (χ1n) is 4.14. The fraction of sp³-hybridized carbons (Fsp3) is 0.667. The van der Waals surface area contributed by atoms with E-state index < -0.39 is 12.1 Å². The van der Waals surface area contributed by atoms with Gasteiger partial charge in [-0.05, 0) is 6.42 Å². The van der Waals surface area contributed by atoms with Crippen LogP contribution < -0.4 is 0 Å². The third-order valence-electron chi connectivity index (χ3n) is 1.79. The van der Waals surface area contributed by atoms with Gasteiger partial charge in [-0.15, -0.1) is 6.58 Å². The fourth-order valence-electron chi connectivity index (χ4n) is 1.09. The molecule has 3 heteroatoms. The molecule has 0 aliphatic heterocycles. The third-order valence-corrected chi connectivity index (χ3v) is 1.79. The zero-order chi connectivity index (χ0) is 9.56. The lowest BCUT2D eigenvalue weighted by molar-refractivity contribution is -0.138. The van der Waals surface area contributed by atoms with Gasteiger partial charge in [0.15, 0.2) is 0 Å². The molecule has 0 rings (SSSR count). The van der Waals surface area contributed by atoms with Gasteiger partial charge in [-0.3, -0.25) is 4.79 Å². The topological polar surface area (TPSA) is 57.5 Å². The number of hydrogen-bond acceptors (Lipinski definition) is 2. The molecule has 0 radical (unpaired) electrons. The normalized spacial score (nSPS) is 15.2. The quantitative estimate of drug-likeness (QED) is 0.596. The molecule has 2 N–H and O–H groups in total. The Labute approximate surface area is 72.7 Å². The SMILES string of the molecule is C=CC(CC(=O)O)C(O)CCC. The van der Waals surface area contributed by atoms with Crippen LogP contribution in [-0.4, -0.2) is 22.3 Å². The van der Waals surface area contributed by atoms with E-state index in [2.05, 4.69) is 6.58 Å². The summed E-state index contributed by atoms with van der Waals surface area (Å²) < 4.78 is 0. The molecule has 0 saturated carbocycles. The van der Waals surface area contributed by atoms with Crippen LogP contribution in [0, 0.1) is 5.92 Å². The lowest BCUT2D eigenvalue weighted by Crippen LogP contribution is -2.21. The van der Waals surface area contributed by atoms with Crippen LogP contribution in [-0.2, 0) is 4.79 Å². The Bertz CT molecular complexity index is 154. The summed E-state index contributed by atoms with van der Waals surface area (Å²) >= 11 is 0. The van der Waals surface area contributed by atoms with E-state index in [0.29, 0.717) is 6.42 Å². The van der Waals surface area contributed by atoms with Gasteiger partial charge < -0.3 is 10.2 Å². The van der Waals surface area contributed by atoms with Gasteiger partial charge in [0.05, 0.1) is 12.5 Å². The first-order valence-corrected chi connectivity index (χ1v) is 4.14. The second-order valence-corrected chi connectivity index (χ2v) is 2.85. The monoisotopic (exact) mass is 172 g/mol. The smallest absolute Gasteiger partial charge is 0.304 e. The number of rotatable bonds is 6. The van der Waals surface area contributed by atoms with E-state index in [9.17, 15) is 9.90 Å². The van der Waals surface area contributed by atoms with Gasteiger partial charge in [-0.25, -0.2) is 0 Å². The zero-order valence-corrected chi connectivity index (χ0v) is 7.36. The molecule has 0 spiro atoms. The Morgan fingerprint density at radius 3 is 2.58 bits per heavy atom. The maximum absolute atomic E-state index is 10.3. The molecule has 2 unspecified atom stereocenters. The highest BCUT2D eigenvalue weighted by Crippen LogP contribution is 2.14. The molecule has 3 nitrogen and oxygen atoms in total. The predicted octanol–water partition coefficient (Wildman–Crippen LogP) is 1.42. The minimum absolute atomic E-state index is 0.0370. The standard InChI is InChI=1S/C9H16O3/c1-3-5-8(10)7(4-2)6-9(11)12/h4,7-8,10H,2-3,5-6H2,1H3,(H,11,12). The molecule has 0 heterocycles. The molecular formula is C9H16O3. The Hall–Kier alpha value is -0.830. The average molecular weight is 172 g/mol. The summed E-state index contributed by atoms with van der Waals surface area (Å²) in [4.78, 5) is 10.3. The van der Waals surface area contributed by atoms with Crippen molar-refractivity contribution in [2.75, 3.05) is 0 Å². The maximum Gasteiger partial charge on any atom is 0.304 e. The second kappa shape index (κ2) is 5.77. The molecule has 0 aromatic heterocycles. The number of aliphatic hydroxyl groups is 1. The number of hydrogen-bond donors (Lipinski definition) is 2. The maximum atomic E-state index is 10.3. The number of carboxylic acid groups (broad SMARTS) is 1. The third kappa shape index (κ3) is 4.13. The van der Waals surface area contributed by atoms with E-state index in [0.717, 1.165) is 6.42 Å². The first kappa shape index (κ1) is 11.2. The average Bonchev–Trinajstić information content (AvgIpc) is 2.00. The highest BCUT2D eigenvalue weighted by atomic mass is 16.4. The summed E-state index contributed by atoms with van der Waals surface area (Å²) in [5, 5.41) is 17.9. The zero-order valence-electron chi connectivity index (χ0n) is 7.36. The van der Waals surface area contributed by atoms with Gasteiger partial charge in [0, 0.05) is 5.92 Å². The van der Waals surface area contributed by atoms with Crippen molar-refractivity contribution in [3.05, 3.63) is 12.7 Å². The second-order valence-electron chi connectivity index (χ2n) is 2.85. The highest BCUT2D eigenvalue weighted by molar-refractivity contribution is 5.67. The summed E-state index contributed by atoms with van der Waals surface area (Å²) in [6.07, 6.45) is 2.39. The number of carboxylic acids is 1. The van der Waals surface area contributed by atoms with E-state index in [-0.39, 0.29) is 12.3 Å². The minimum atomic E-state index is -0.893. The fourth-order valence-corrected chi connectivity index (χ4v) is 1.09. The minimum Gasteiger partial charge on any atom is -0.481 e. The first-order chi connectivity index (χ1) is 5.61. The number of aliphatic hydroxyl groups excluding tert-OH is 1. The molecule has 12 heavy (non-hydrogen) atoms. The van der Waals surface area contributed by atoms with Crippen molar-refractivity contribution < 1.29 is 15.0 Å². The summed E-state index contributed by atoms with van der Waals surface area (Å²) in [7, 11) is 0. The lowest BCUT2D eigenvalue weighted by Gasteiger charge is -2.16. The summed E-state index contributed by atoms with van der Waals surface area (Å²) in [5.41, 5.74) is 0. The van der Waals surface area contributed by atoms with Gasteiger partial charge in [0.2, 0.25) is 0 Å². The molecule has 0 amide bonds. The summed E-state index contributed by atoms with van der Waals surface area (Å²) in [6, 6.07) is 0.